The van der Waals surface area contributed by atoms with Crippen molar-refractivity contribution in [2.24, 2.45) is 0 Å². The van der Waals surface area contributed by atoms with Crippen LogP contribution >= 0.6 is 23.1 Å². The molecule has 0 amide bonds. The summed E-state index contributed by atoms with van der Waals surface area (Å²) in [5.74, 6) is 1.36. The van der Waals surface area contributed by atoms with Crippen LogP contribution in [0.1, 0.15) is 31.0 Å². The minimum Gasteiger partial charge on any atom is -0.408 e. The normalized spacial score (nSPS) is 17.3. The van der Waals surface area contributed by atoms with Gasteiger partial charge < -0.3 is 4.42 Å². The number of rotatable bonds is 0. The van der Waals surface area contributed by atoms with E-state index in [1.54, 1.807) is 6.92 Å². The first kappa shape index (κ1) is 13.3. The SMILES string of the molecule is Cc1nc2c(sc3nc4c(cc32)CSC(C)(C)C4)c(=O)o1. The first-order valence-corrected chi connectivity index (χ1v) is 8.60. The lowest BCUT2D eigenvalue weighted by Crippen LogP contribution is -2.24. The molecule has 0 fully saturated rings. The number of hydrogen-bond acceptors (Lipinski definition) is 6. The topological polar surface area (TPSA) is 56.0 Å². The van der Waals surface area contributed by atoms with Crippen LogP contribution in [0, 0.1) is 6.92 Å². The molecule has 0 bridgehead atoms. The maximum atomic E-state index is 12.0. The van der Waals surface area contributed by atoms with Crippen molar-refractivity contribution in [2.75, 3.05) is 0 Å². The van der Waals surface area contributed by atoms with Gasteiger partial charge in [-0.1, -0.05) is 13.8 Å². The number of thiophene rings is 1. The van der Waals surface area contributed by atoms with E-state index in [9.17, 15) is 4.79 Å². The first-order valence-electron chi connectivity index (χ1n) is 6.80. The van der Waals surface area contributed by atoms with Gasteiger partial charge in [0.05, 0.1) is 0 Å². The molecule has 3 aromatic heterocycles. The zero-order valence-electron chi connectivity index (χ0n) is 12.0. The molecule has 0 atom stereocenters. The summed E-state index contributed by atoms with van der Waals surface area (Å²) in [7, 11) is 0. The summed E-state index contributed by atoms with van der Waals surface area (Å²) in [6.07, 6.45) is 0.957. The number of aromatic nitrogens is 2. The van der Waals surface area contributed by atoms with Crippen molar-refractivity contribution < 1.29 is 4.42 Å². The van der Waals surface area contributed by atoms with Gasteiger partial charge in [0.15, 0.2) is 5.89 Å². The molecule has 108 valence electrons. The molecule has 4 heterocycles. The van der Waals surface area contributed by atoms with E-state index in [0.29, 0.717) is 10.6 Å². The van der Waals surface area contributed by atoms with E-state index < -0.39 is 0 Å². The predicted molar refractivity (Wildman–Crippen MR) is 87.3 cm³/mol. The lowest BCUT2D eigenvalue weighted by atomic mass is 10.0. The van der Waals surface area contributed by atoms with E-state index in [0.717, 1.165) is 33.6 Å². The van der Waals surface area contributed by atoms with Crippen LogP contribution in [0.25, 0.3) is 20.4 Å². The molecule has 3 aromatic rings. The van der Waals surface area contributed by atoms with E-state index in [2.05, 4.69) is 24.9 Å². The van der Waals surface area contributed by atoms with Crippen LogP contribution in [0.15, 0.2) is 15.3 Å². The van der Waals surface area contributed by atoms with Crippen LogP contribution in [0.3, 0.4) is 0 Å². The van der Waals surface area contributed by atoms with E-state index >= 15 is 0 Å². The molecule has 1 aliphatic heterocycles. The third kappa shape index (κ3) is 2.08. The second kappa shape index (κ2) is 4.30. The Morgan fingerprint density at radius 1 is 1.33 bits per heavy atom. The van der Waals surface area contributed by atoms with Gasteiger partial charge in [-0.2, -0.15) is 11.8 Å². The Bertz CT molecular complexity index is 940. The quantitative estimate of drug-likeness (QED) is 0.633. The van der Waals surface area contributed by atoms with Gasteiger partial charge in [-0.15, -0.1) is 11.3 Å². The molecular weight excluding hydrogens is 304 g/mol. The Balaban J connectivity index is 2.05. The number of hydrogen-bond donors (Lipinski definition) is 0. The maximum Gasteiger partial charge on any atom is 0.357 e. The average molecular weight is 318 g/mol. The van der Waals surface area contributed by atoms with Crippen LogP contribution < -0.4 is 5.63 Å². The maximum absolute atomic E-state index is 12.0. The second-order valence-electron chi connectivity index (χ2n) is 5.97. The molecule has 1 aliphatic rings. The fourth-order valence-electron chi connectivity index (χ4n) is 2.70. The Hall–Kier alpha value is -1.40. The molecule has 0 radical (unpaired) electrons. The highest BCUT2D eigenvalue weighted by molar-refractivity contribution is 7.99. The Morgan fingerprint density at radius 3 is 2.95 bits per heavy atom. The van der Waals surface area contributed by atoms with Crippen molar-refractivity contribution in [3.8, 4) is 0 Å². The minimum absolute atomic E-state index is 0.220. The van der Waals surface area contributed by atoms with Gasteiger partial charge in [-0.05, 0) is 11.6 Å². The minimum atomic E-state index is -0.312. The highest BCUT2D eigenvalue weighted by Gasteiger charge is 2.28. The standard InChI is InChI=1S/C15H14N2O2S2/c1-7-16-11-9-4-8-6-20-15(2,3)5-10(8)17-13(9)21-12(11)14(18)19-7/h4H,5-6H2,1-3H3. The molecule has 21 heavy (non-hydrogen) atoms. The van der Waals surface area contributed by atoms with Gasteiger partial charge >= 0.3 is 5.63 Å². The van der Waals surface area contributed by atoms with Crippen molar-refractivity contribution in [3.05, 3.63) is 33.6 Å². The Labute approximate surface area is 129 Å². The number of thioether (sulfide) groups is 1. The van der Waals surface area contributed by atoms with Crippen LogP contribution in [-0.4, -0.2) is 14.7 Å². The molecule has 0 unspecified atom stereocenters. The summed E-state index contributed by atoms with van der Waals surface area (Å²) in [6.45, 7) is 6.20. The molecule has 4 nitrogen and oxygen atoms in total. The smallest absolute Gasteiger partial charge is 0.357 e. The summed E-state index contributed by atoms with van der Waals surface area (Å²) in [6, 6.07) is 2.16. The molecule has 0 saturated carbocycles. The Kier molecular flexibility index (Phi) is 2.72. The molecule has 0 aliphatic carbocycles. The predicted octanol–water partition coefficient (Wildman–Crippen LogP) is 3.67. The number of pyridine rings is 1. The van der Waals surface area contributed by atoms with Crippen molar-refractivity contribution in [1.82, 2.24) is 9.97 Å². The highest BCUT2D eigenvalue weighted by Crippen LogP contribution is 2.40. The molecule has 0 N–H and O–H groups in total. The fraction of sp³-hybridized carbons (Fsp3) is 0.400. The third-order valence-electron chi connectivity index (χ3n) is 3.73. The first-order chi connectivity index (χ1) is 9.93. The Morgan fingerprint density at radius 2 is 2.14 bits per heavy atom. The molecule has 4 rings (SSSR count). The summed E-state index contributed by atoms with van der Waals surface area (Å²) in [4.78, 5) is 22.1. The highest BCUT2D eigenvalue weighted by atomic mass is 32.2. The van der Waals surface area contributed by atoms with Gasteiger partial charge in [0, 0.05) is 34.9 Å². The van der Waals surface area contributed by atoms with Gasteiger partial charge in [0.25, 0.3) is 0 Å². The third-order valence-corrected chi connectivity index (χ3v) is 6.18. The number of fused-ring (bicyclic) bond motifs is 4. The van der Waals surface area contributed by atoms with Crippen LogP contribution in [0.4, 0.5) is 0 Å². The van der Waals surface area contributed by atoms with Crippen LogP contribution in [0.2, 0.25) is 0 Å². The average Bonchev–Trinajstić information content (AvgIpc) is 2.73. The lowest BCUT2D eigenvalue weighted by Gasteiger charge is -2.29. The van der Waals surface area contributed by atoms with E-state index in [-0.39, 0.29) is 10.4 Å². The largest absolute Gasteiger partial charge is 0.408 e. The second-order valence-corrected chi connectivity index (χ2v) is 8.65. The van der Waals surface area contributed by atoms with E-state index in [1.165, 1.54) is 16.9 Å². The molecule has 0 spiro atoms. The van der Waals surface area contributed by atoms with Crippen molar-refractivity contribution in [1.29, 1.82) is 0 Å². The molecular formula is C15H14N2O2S2. The van der Waals surface area contributed by atoms with Gasteiger partial charge in [0.1, 0.15) is 15.0 Å². The van der Waals surface area contributed by atoms with E-state index in [4.69, 9.17) is 9.40 Å². The van der Waals surface area contributed by atoms with Gasteiger partial charge in [0.2, 0.25) is 0 Å². The van der Waals surface area contributed by atoms with Crippen molar-refractivity contribution in [3.63, 3.8) is 0 Å². The summed E-state index contributed by atoms with van der Waals surface area (Å²) >= 11 is 3.33. The molecule has 0 aromatic carbocycles. The van der Waals surface area contributed by atoms with Crippen LogP contribution in [0.5, 0.6) is 0 Å². The van der Waals surface area contributed by atoms with E-state index in [1.807, 2.05) is 11.8 Å². The fourth-order valence-corrected chi connectivity index (χ4v) is 4.73. The number of nitrogens with zero attached hydrogens (tertiary/aromatic N) is 2. The summed E-state index contributed by atoms with van der Waals surface area (Å²) in [5, 5.41) is 0.977. The van der Waals surface area contributed by atoms with Gasteiger partial charge in [-0.3, -0.25) is 0 Å². The van der Waals surface area contributed by atoms with Crippen LogP contribution in [-0.2, 0) is 12.2 Å². The lowest BCUT2D eigenvalue weighted by molar-refractivity contribution is 0.468. The van der Waals surface area contributed by atoms with Crippen molar-refractivity contribution in [2.45, 2.75) is 37.7 Å². The monoisotopic (exact) mass is 318 g/mol. The summed E-state index contributed by atoms with van der Waals surface area (Å²) < 4.78 is 5.88. The zero-order valence-corrected chi connectivity index (χ0v) is 13.7. The molecule has 0 saturated heterocycles. The van der Waals surface area contributed by atoms with Gasteiger partial charge in [-0.25, -0.2) is 14.8 Å². The molecule has 6 heteroatoms. The zero-order chi connectivity index (χ0) is 14.8. The number of aryl methyl sites for hydroxylation is 1. The summed E-state index contributed by atoms with van der Waals surface area (Å²) in [5.41, 5.74) is 2.83. The van der Waals surface area contributed by atoms with Crippen molar-refractivity contribution >= 4 is 43.5 Å².